The van der Waals surface area contributed by atoms with Crippen LogP contribution >= 0.6 is 11.3 Å². The molecule has 2 aromatic heterocycles. The van der Waals surface area contributed by atoms with Crippen molar-refractivity contribution in [2.45, 2.75) is 19.3 Å². The Hall–Kier alpha value is -2.06. The first kappa shape index (κ1) is 16.4. The van der Waals surface area contributed by atoms with Gasteiger partial charge < -0.3 is 15.3 Å². The number of carbonyl (C=O) groups is 1. The predicted molar refractivity (Wildman–Crippen MR) is 93.4 cm³/mol. The maximum Gasteiger partial charge on any atom is 0.263 e. The molecule has 0 unspecified atom stereocenters. The van der Waals surface area contributed by atoms with Crippen molar-refractivity contribution in [2.24, 2.45) is 5.92 Å². The fourth-order valence-electron chi connectivity index (χ4n) is 3.29. The number of aromatic nitrogens is 2. The molecule has 25 heavy (non-hydrogen) atoms. The molecule has 2 aromatic rings. The molecule has 2 aliphatic heterocycles. The van der Waals surface area contributed by atoms with Crippen molar-refractivity contribution < 1.29 is 14.3 Å². The van der Waals surface area contributed by atoms with Crippen molar-refractivity contribution in [3.63, 3.8) is 0 Å². The van der Waals surface area contributed by atoms with Crippen molar-refractivity contribution in [3.8, 4) is 10.6 Å². The van der Waals surface area contributed by atoms with Crippen molar-refractivity contribution in [1.82, 2.24) is 15.3 Å². The second-order valence-corrected chi connectivity index (χ2v) is 7.42. The molecule has 1 fully saturated rings. The predicted octanol–water partition coefficient (Wildman–Crippen LogP) is 1.84. The normalized spacial score (nSPS) is 18.2. The Labute approximate surface area is 148 Å². The minimum absolute atomic E-state index is 0.137. The number of rotatable bonds is 3. The average molecular weight is 362 g/mol. The van der Waals surface area contributed by atoms with Gasteiger partial charge in [0, 0.05) is 32.7 Å². The van der Waals surface area contributed by atoms with E-state index in [2.05, 4.69) is 15.3 Å². The molecule has 4 heterocycles. The average Bonchev–Trinajstić information content (AvgIpc) is 3.07. The number of fused-ring (bicyclic) bond motifs is 1. The van der Waals surface area contributed by atoms with Crippen molar-refractivity contribution in [2.75, 3.05) is 31.1 Å². The van der Waals surface area contributed by atoms with Gasteiger partial charge in [-0.3, -0.25) is 4.79 Å². The third kappa shape index (κ3) is 3.11. The van der Waals surface area contributed by atoms with Crippen LogP contribution in [0.3, 0.4) is 0 Å². The molecule has 1 saturated heterocycles. The number of hydrogen-bond donors (Lipinski definition) is 2. The number of aliphatic hydroxyl groups excluding tert-OH is 1. The van der Waals surface area contributed by atoms with Gasteiger partial charge in [-0.25, -0.2) is 9.97 Å². The Morgan fingerprint density at radius 1 is 1.32 bits per heavy atom. The van der Waals surface area contributed by atoms with E-state index in [0.717, 1.165) is 31.6 Å². The van der Waals surface area contributed by atoms with Gasteiger partial charge in [0.2, 0.25) is 5.95 Å². The second-order valence-electron chi connectivity index (χ2n) is 6.42. The first-order valence-electron chi connectivity index (χ1n) is 8.46. The minimum atomic E-state index is -0.562. The minimum Gasteiger partial charge on any atom is -0.396 e. The van der Waals surface area contributed by atoms with Gasteiger partial charge in [-0.15, -0.1) is 11.3 Å². The molecule has 0 bridgehead atoms. The summed E-state index contributed by atoms with van der Waals surface area (Å²) in [6, 6.07) is 3.50. The van der Waals surface area contributed by atoms with Gasteiger partial charge in [-0.05, 0) is 30.9 Å². The summed E-state index contributed by atoms with van der Waals surface area (Å²) >= 11 is 1.21. The number of piperidine rings is 1. The van der Waals surface area contributed by atoms with Crippen LogP contribution in [-0.4, -0.2) is 47.2 Å². The summed E-state index contributed by atoms with van der Waals surface area (Å²) in [5.74, 6) is 0.236. The zero-order chi connectivity index (χ0) is 17.4. The fraction of sp³-hybridized carbons (Fsp3) is 0.471. The molecule has 132 valence electrons. The topological polar surface area (TPSA) is 78.4 Å². The molecule has 1 amide bonds. The third-order valence-electron chi connectivity index (χ3n) is 4.81. The maximum atomic E-state index is 14.6. The lowest BCUT2D eigenvalue weighted by Gasteiger charge is -2.32. The van der Waals surface area contributed by atoms with Crippen LogP contribution in [0.4, 0.5) is 10.2 Å². The van der Waals surface area contributed by atoms with Gasteiger partial charge in [0.05, 0.1) is 11.3 Å². The van der Waals surface area contributed by atoms with Gasteiger partial charge in [0.1, 0.15) is 15.7 Å². The molecule has 0 aliphatic carbocycles. The zero-order valence-corrected chi connectivity index (χ0v) is 14.5. The van der Waals surface area contributed by atoms with Gasteiger partial charge in [-0.2, -0.15) is 4.39 Å². The Morgan fingerprint density at radius 3 is 2.80 bits per heavy atom. The fourth-order valence-corrected chi connectivity index (χ4v) is 4.34. The molecule has 4 rings (SSSR count). The first-order valence-corrected chi connectivity index (χ1v) is 9.28. The summed E-state index contributed by atoms with van der Waals surface area (Å²) < 4.78 is 14.6. The molecular weight excluding hydrogens is 343 g/mol. The lowest BCUT2D eigenvalue weighted by atomic mass is 9.98. The van der Waals surface area contributed by atoms with Crippen molar-refractivity contribution >= 4 is 23.1 Å². The molecule has 6 nitrogen and oxygen atoms in total. The first-order chi connectivity index (χ1) is 12.2. The van der Waals surface area contributed by atoms with Crippen molar-refractivity contribution in [3.05, 3.63) is 28.7 Å². The number of nitrogens with one attached hydrogen (secondary N) is 1. The number of carbonyl (C=O) groups excluding carboxylic acids is 1. The van der Waals surface area contributed by atoms with Gasteiger partial charge in [0.25, 0.3) is 5.91 Å². The van der Waals surface area contributed by atoms with Crippen LogP contribution < -0.4 is 10.2 Å². The van der Waals surface area contributed by atoms with Crippen LogP contribution in [0, 0.1) is 11.9 Å². The second kappa shape index (κ2) is 6.68. The van der Waals surface area contributed by atoms with Crippen LogP contribution in [0.1, 0.15) is 28.2 Å². The van der Waals surface area contributed by atoms with Crippen LogP contribution in [0.5, 0.6) is 0 Å². The smallest absolute Gasteiger partial charge is 0.263 e. The maximum absolute atomic E-state index is 14.6. The van der Waals surface area contributed by atoms with Crippen LogP contribution in [0.15, 0.2) is 12.1 Å². The summed E-state index contributed by atoms with van der Waals surface area (Å²) in [5, 5.41) is 12.5. The summed E-state index contributed by atoms with van der Waals surface area (Å²) in [6.45, 7) is 2.31. The monoisotopic (exact) mass is 362 g/mol. The summed E-state index contributed by atoms with van der Waals surface area (Å²) in [4.78, 5) is 23.0. The molecule has 0 spiro atoms. The largest absolute Gasteiger partial charge is 0.396 e. The van der Waals surface area contributed by atoms with E-state index in [0.29, 0.717) is 40.1 Å². The number of pyridine rings is 1. The number of nitrogens with zero attached hydrogens (tertiary/aromatic N) is 3. The van der Waals surface area contributed by atoms with E-state index in [1.165, 1.54) is 11.3 Å². The van der Waals surface area contributed by atoms with Crippen LogP contribution in [0.2, 0.25) is 0 Å². The summed E-state index contributed by atoms with van der Waals surface area (Å²) in [7, 11) is 0. The standard InChI is InChI=1S/C17H19FN4O2S/c18-15-11(17-20-12-3-6-19-16(24)14(12)25-17)1-2-13(21-15)22-7-4-10(9-23)5-8-22/h1-2,10,23H,3-9H2,(H,19,24). The highest BCUT2D eigenvalue weighted by Gasteiger charge is 2.25. The van der Waals surface area contributed by atoms with E-state index in [-0.39, 0.29) is 12.5 Å². The highest BCUT2D eigenvalue weighted by atomic mass is 32.1. The zero-order valence-electron chi connectivity index (χ0n) is 13.7. The van der Waals surface area contributed by atoms with Crippen molar-refractivity contribution in [1.29, 1.82) is 0 Å². The Balaban J connectivity index is 1.57. The lowest BCUT2D eigenvalue weighted by molar-refractivity contribution is 0.0950. The molecule has 8 heteroatoms. The molecule has 2 aliphatic rings. The third-order valence-corrected chi connectivity index (χ3v) is 5.94. The molecular formula is C17H19FN4O2S. The highest BCUT2D eigenvalue weighted by molar-refractivity contribution is 7.17. The summed E-state index contributed by atoms with van der Waals surface area (Å²) in [5.41, 5.74) is 1.07. The molecule has 0 aromatic carbocycles. The molecule has 0 saturated carbocycles. The number of aliphatic hydroxyl groups is 1. The SMILES string of the molecule is O=C1NCCc2nc(-c3ccc(N4CCC(CO)CC4)nc3F)sc21. The molecule has 0 radical (unpaired) electrons. The number of anilines is 1. The molecule has 2 N–H and O–H groups in total. The van der Waals surface area contributed by atoms with Crippen LogP contribution in [-0.2, 0) is 6.42 Å². The van der Waals surface area contributed by atoms with Gasteiger partial charge >= 0.3 is 0 Å². The van der Waals surface area contributed by atoms with E-state index >= 15 is 0 Å². The Bertz CT molecular complexity index is 802. The van der Waals surface area contributed by atoms with Gasteiger partial charge in [0.15, 0.2) is 0 Å². The Morgan fingerprint density at radius 2 is 2.12 bits per heavy atom. The Kier molecular flexibility index (Phi) is 4.39. The lowest BCUT2D eigenvalue weighted by Crippen LogP contribution is -2.35. The molecule has 0 atom stereocenters. The van der Waals surface area contributed by atoms with E-state index in [1.807, 2.05) is 4.90 Å². The highest BCUT2D eigenvalue weighted by Crippen LogP contribution is 2.32. The van der Waals surface area contributed by atoms with E-state index in [1.54, 1.807) is 12.1 Å². The number of thiazole rings is 1. The van der Waals surface area contributed by atoms with Crippen LogP contribution in [0.25, 0.3) is 10.6 Å². The van der Waals surface area contributed by atoms with Gasteiger partial charge in [-0.1, -0.05) is 0 Å². The number of halogens is 1. The summed E-state index contributed by atoms with van der Waals surface area (Å²) in [6.07, 6.45) is 2.44. The van der Waals surface area contributed by atoms with E-state index in [4.69, 9.17) is 0 Å². The number of hydrogen-bond acceptors (Lipinski definition) is 6. The van der Waals surface area contributed by atoms with E-state index in [9.17, 15) is 14.3 Å². The van der Waals surface area contributed by atoms with E-state index < -0.39 is 5.95 Å². The quantitative estimate of drug-likeness (QED) is 0.815. The number of amides is 1.